The van der Waals surface area contributed by atoms with Crippen molar-refractivity contribution in [1.82, 2.24) is 0 Å². The highest BCUT2D eigenvalue weighted by molar-refractivity contribution is 4.96. The largest absolute Gasteiger partial charge is 0.396 e. The van der Waals surface area contributed by atoms with Crippen LogP contribution >= 0.6 is 0 Å². The summed E-state index contributed by atoms with van der Waals surface area (Å²) in [4.78, 5) is 0. The van der Waals surface area contributed by atoms with Gasteiger partial charge in [-0.1, -0.05) is 0 Å². The summed E-state index contributed by atoms with van der Waals surface area (Å²) in [5, 5.41) is 18.4. The van der Waals surface area contributed by atoms with E-state index in [0.717, 1.165) is 12.8 Å². The van der Waals surface area contributed by atoms with Gasteiger partial charge >= 0.3 is 0 Å². The van der Waals surface area contributed by atoms with E-state index in [-0.39, 0.29) is 12.7 Å². The molecule has 0 unspecified atom stereocenters. The second kappa shape index (κ2) is 2.21. The maximum absolute atomic E-state index is 9.41. The molecule has 0 radical (unpaired) electrons. The third kappa shape index (κ3) is 0.722. The lowest BCUT2D eigenvalue weighted by molar-refractivity contribution is 0.0974. The summed E-state index contributed by atoms with van der Waals surface area (Å²) in [7, 11) is 0. The van der Waals surface area contributed by atoms with Crippen molar-refractivity contribution >= 4 is 0 Å². The number of hydrogen-bond donors (Lipinski definition) is 2. The van der Waals surface area contributed by atoms with Crippen molar-refractivity contribution in [3.05, 3.63) is 0 Å². The van der Waals surface area contributed by atoms with Crippen LogP contribution in [0.25, 0.3) is 0 Å². The molecule has 0 saturated heterocycles. The lowest BCUT2D eigenvalue weighted by Crippen LogP contribution is -2.18. The third-order valence-electron chi connectivity index (χ3n) is 3.28. The average Bonchev–Trinajstić information content (AvgIpc) is 2.42. The SMILES string of the molecule is OC[C@@H]1[C@H]2CC[C@H]1[C@H](O)C2. The van der Waals surface area contributed by atoms with Crippen LogP contribution in [0.15, 0.2) is 0 Å². The number of rotatable bonds is 1. The Kier molecular flexibility index (Phi) is 1.46. The molecule has 0 aliphatic heterocycles. The number of aliphatic hydroxyl groups excluding tert-OH is 2. The van der Waals surface area contributed by atoms with E-state index in [1.54, 1.807) is 0 Å². The van der Waals surface area contributed by atoms with Crippen molar-refractivity contribution in [2.75, 3.05) is 6.61 Å². The van der Waals surface area contributed by atoms with Crippen LogP contribution in [0.1, 0.15) is 19.3 Å². The van der Waals surface area contributed by atoms with Crippen LogP contribution in [0, 0.1) is 17.8 Å². The highest BCUT2D eigenvalue weighted by atomic mass is 16.3. The molecule has 0 spiro atoms. The van der Waals surface area contributed by atoms with Gasteiger partial charge in [0.25, 0.3) is 0 Å². The second-order valence-corrected chi connectivity index (χ2v) is 3.65. The highest BCUT2D eigenvalue weighted by Gasteiger charge is 2.46. The fraction of sp³-hybridized carbons (Fsp3) is 1.00. The van der Waals surface area contributed by atoms with E-state index in [4.69, 9.17) is 5.11 Å². The van der Waals surface area contributed by atoms with E-state index in [1.165, 1.54) is 6.42 Å². The predicted octanol–water partition coefficient (Wildman–Crippen LogP) is 0.386. The summed E-state index contributed by atoms with van der Waals surface area (Å²) in [5.74, 6) is 1.48. The highest BCUT2D eigenvalue weighted by Crippen LogP contribution is 2.48. The van der Waals surface area contributed by atoms with Crippen LogP contribution in [0.5, 0.6) is 0 Å². The first kappa shape index (κ1) is 6.62. The van der Waals surface area contributed by atoms with Crippen molar-refractivity contribution in [2.45, 2.75) is 25.4 Å². The molecule has 0 aromatic rings. The van der Waals surface area contributed by atoms with Gasteiger partial charge in [0.1, 0.15) is 0 Å². The van der Waals surface area contributed by atoms with Crippen molar-refractivity contribution in [1.29, 1.82) is 0 Å². The monoisotopic (exact) mass is 142 g/mol. The molecule has 2 heteroatoms. The molecule has 2 aliphatic carbocycles. The molecular formula is C8H14O2. The third-order valence-corrected chi connectivity index (χ3v) is 3.28. The fourth-order valence-corrected chi connectivity index (χ4v) is 2.72. The lowest BCUT2D eigenvalue weighted by atomic mass is 9.97. The quantitative estimate of drug-likeness (QED) is 0.556. The summed E-state index contributed by atoms with van der Waals surface area (Å²) >= 11 is 0. The number of aliphatic hydroxyl groups is 2. The first-order valence-corrected chi connectivity index (χ1v) is 4.12. The molecule has 10 heavy (non-hydrogen) atoms. The van der Waals surface area contributed by atoms with Gasteiger partial charge in [0.05, 0.1) is 6.10 Å². The van der Waals surface area contributed by atoms with Crippen LogP contribution in [0.3, 0.4) is 0 Å². The molecule has 0 amide bonds. The Morgan fingerprint density at radius 3 is 2.40 bits per heavy atom. The molecule has 4 atom stereocenters. The van der Waals surface area contributed by atoms with Gasteiger partial charge in [-0.15, -0.1) is 0 Å². The second-order valence-electron chi connectivity index (χ2n) is 3.65. The van der Waals surface area contributed by atoms with E-state index in [0.29, 0.717) is 17.8 Å². The molecule has 2 fully saturated rings. The van der Waals surface area contributed by atoms with Gasteiger partial charge in [0.15, 0.2) is 0 Å². The van der Waals surface area contributed by atoms with Gasteiger partial charge in [-0.25, -0.2) is 0 Å². The summed E-state index contributed by atoms with van der Waals surface area (Å²) in [6.45, 7) is 0.284. The zero-order valence-electron chi connectivity index (χ0n) is 6.03. The predicted molar refractivity (Wildman–Crippen MR) is 37.4 cm³/mol. The van der Waals surface area contributed by atoms with Crippen LogP contribution in [-0.4, -0.2) is 22.9 Å². The first-order valence-electron chi connectivity index (χ1n) is 4.12. The van der Waals surface area contributed by atoms with Gasteiger partial charge in [-0.2, -0.15) is 0 Å². The van der Waals surface area contributed by atoms with Crippen LogP contribution in [0.2, 0.25) is 0 Å². The smallest absolute Gasteiger partial charge is 0.0574 e. The molecule has 58 valence electrons. The molecule has 0 aromatic carbocycles. The van der Waals surface area contributed by atoms with Gasteiger partial charge in [0.2, 0.25) is 0 Å². The van der Waals surface area contributed by atoms with Crippen molar-refractivity contribution in [3.63, 3.8) is 0 Å². The molecule has 2 N–H and O–H groups in total. The Morgan fingerprint density at radius 2 is 2.10 bits per heavy atom. The lowest BCUT2D eigenvalue weighted by Gasteiger charge is -2.15. The molecule has 2 bridgehead atoms. The molecule has 0 aromatic heterocycles. The van der Waals surface area contributed by atoms with Gasteiger partial charge in [-0.05, 0) is 37.0 Å². The van der Waals surface area contributed by atoms with Gasteiger partial charge < -0.3 is 10.2 Å². The summed E-state index contributed by atoms with van der Waals surface area (Å²) in [6.07, 6.45) is 3.20. The molecular weight excluding hydrogens is 128 g/mol. The summed E-state index contributed by atoms with van der Waals surface area (Å²) in [6, 6.07) is 0. The van der Waals surface area contributed by atoms with E-state index >= 15 is 0 Å². The number of fused-ring (bicyclic) bond motifs is 2. The standard InChI is InChI=1S/C8H14O2/c9-4-7-5-1-2-6(7)8(10)3-5/h5-10H,1-4H2/t5-,6+,7+,8+/m0/s1. The summed E-state index contributed by atoms with van der Waals surface area (Å²) < 4.78 is 0. The van der Waals surface area contributed by atoms with E-state index < -0.39 is 0 Å². The molecule has 0 heterocycles. The summed E-state index contributed by atoms with van der Waals surface area (Å²) in [5.41, 5.74) is 0. The zero-order valence-corrected chi connectivity index (χ0v) is 6.03. The van der Waals surface area contributed by atoms with Crippen molar-refractivity contribution in [3.8, 4) is 0 Å². The minimum Gasteiger partial charge on any atom is -0.396 e. The number of hydrogen-bond acceptors (Lipinski definition) is 2. The van der Waals surface area contributed by atoms with Crippen LogP contribution in [0.4, 0.5) is 0 Å². The van der Waals surface area contributed by atoms with E-state index in [2.05, 4.69) is 0 Å². The fourth-order valence-electron chi connectivity index (χ4n) is 2.72. The van der Waals surface area contributed by atoms with E-state index in [9.17, 15) is 5.11 Å². The Morgan fingerprint density at radius 1 is 1.30 bits per heavy atom. The van der Waals surface area contributed by atoms with Crippen molar-refractivity contribution in [2.24, 2.45) is 17.8 Å². The van der Waals surface area contributed by atoms with E-state index in [1.807, 2.05) is 0 Å². The topological polar surface area (TPSA) is 40.5 Å². The Labute approximate surface area is 60.9 Å². The van der Waals surface area contributed by atoms with Crippen molar-refractivity contribution < 1.29 is 10.2 Å². The Hall–Kier alpha value is -0.0800. The maximum Gasteiger partial charge on any atom is 0.0574 e. The van der Waals surface area contributed by atoms with Gasteiger partial charge in [0, 0.05) is 6.61 Å². The average molecular weight is 142 g/mol. The minimum absolute atomic E-state index is 0.101. The molecule has 2 rings (SSSR count). The van der Waals surface area contributed by atoms with Crippen LogP contribution in [-0.2, 0) is 0 Å². The molecule has 2 aliphatic rings. The Bertz CT molecular complexity index is 135. The first-order chi connectivity index (χ1) is 4.83. The molecule has 2 saturated carbocycles. The normalized spacial score (nSPS) is 52.2. The Balaban J connectivity index is 2.11. The minimum atomic E-state index is -0.101. The maximum atomic E-state index is 9.41. The van der Waals surface area contributed by atoms with Crippen LogP contribution < -0.4 is 0 Å². The molecule has 2 nitrogen and oxygen atoms in total. The van der Waals surface area contributed by atoms with Gasteiger partial charge in [-0.3, -0.25) is 0 Å². The zero-order chi connectivity index (χ0) is 7.14.